The van der Waals surface area contributed by atoms with Gasteiger partial charge in [-0.15, -0.1) is 0 Å². The van der Waals surface area contributed by atoms with Gasteiger partial charge in [0.25, 0.3) is 0 Å². The molecule has 1 heterocycles. The first-order chi connectivity index (χ1) is 5.65. The summed E-state index contributed by atoms with van der Waals surface area (Å²) < 4.78 is 4.73. The van der Waals surface area contributed by atoms with Crippen molar-refractivity contribution in [3.05, 3.63) is 0 Å². The van der Waals surface area contributed by atoms with Crippen molar-refractivity contribution < 1.29 is 9.53 Å². The average molecular weight is 171 g/mol. The standard InChI is InChI=1S/C9H17NO2/c1-7-4-5-10(2)8(6-7)9(11)12-3/h7-8H,4-6H2,1-3H3/t7-,8?/m1/s1. The molecule has 0 saturated carbocycles. The molecule has 0 aliphatic carbocycles. The van der Waals surface area contributed by atoms with Gasteiger partial charge in [0.2, 0.25) is 0 Å². The zero-order valence-electron chi connectivity index (χ0n) is 8.04. The van der Waals surface area contributed by atoms with Crippen LogP contribution in [0, 0.1) is 5.92 Å². The van der Waals surface area contributed by atoms with Crippen molar-refractivity contribution in [2.24, 2.45) is 5.92 Å². The van der Waals surface area contributed by atoms with E-state index in [1.54, 1.807) is 0 Å². The zero-order valence-corrected chi connectivity index (χ0v) is 8.04. The smallest absolute Gasteiger partial charge is 0.323 e. The van der Waals surface area contributed by atoms with Gasteiger partial charge in [0.15, 0.2) is 0 Å². The Kier molecular flexibility index (Phi) is 3.09. The fourth-order valence-electron chi connectivity index (χ4n) is 1.67. The monoisotopic (exact) mass is 171 g/mol. The number of carbonyl (C=O) groups is 1. The molecule has 1 unspecified atom stereocenters. The van der Waals surface area contributed by atoms with Gasteiger partial charge < -0.3 is 4.74 Å². The Morgan fingerprint density at radius 3 is 2.83 bits per heavy atom. The largest absolute Gasteiger partial charge is 0.468 e. The Morgan fingerprint density at radius 2 is 2.25 bits per heavy atom. The lowest BCUT2D eigenvalue weighted by Crippen LogP contribution is -2.44. The number of likely N-dealkylation sites (tertiary alicyclic amines) is 1. The fraction of sp³-hybridized carbons (Fsp3) is 0.889. The molecule has 0 aromatic carbocycles. The SMILES string of the molecule is COC(=O)C1C[C@H](C)CCN1C. The Bertz CT molecular complexity index is 170. The topological polar surface area (TPSA) is 29.5 Å². The van der Waals surface area contributed by atoms with Gasteiger partial charge in [-0.25, -0.2) is 0 Å². The minimum atomic E-state index is -0.0935. The minimum absolute atomic E-state index is 0.0150. The average Bonchev–Trinajstić information content (AvgIpc) is 2.08. The number of esters is 1. The molecular weight excluding hydrogens is 154 g/mol. The number of rotatable bonds is 1. The maximum atomic E-state index is 11.3. The van der Waals surface area contributed by atoms with E-state index in [1.165, 1.54) is 13.5 Å². The third-order valence-corrected chi connectivity index (χ3v) is 2.61. The van der Waals surface area contributed by atoms with Gasteiger partial charge in [-0.05, 0) is 32.4 Å². The van der Waals surface area contributed by atoms with E-state index in [1.807, 2.05) is 7.05 Å². The zero-order chi connectivity index (χ0) is 9.14. The predicted molar refractivity (Wildman–Crippen MR) is 46.8 cm³/mol. The van der Waals surface area contributed by atoms with Crippen LogP contribution in [-0.2, 0) is 9.53 Å². The van der Waals surface area contributed by atoms with Gasteiger partial charge in [-0.3, -0.25) is 9.69 Å². The van der Waals surface area contributed by atoms with E-state index >= 15 is 0 Å². The number of hydrogen-bond acceptors (Lipinski definition) is 3. The molecule has 12 heavy (non-hydrogen) atoms. The van der Waals surface area contributed by atoms with Crippen LogP contribution in [0.3, 0.4) is 0 Å². The van der Waals surface area contributed by atoms with Crippen LogP contribution in [0.4, 0.5) is 0 Å². The molecular formula is C9H17NO2. The highest BCUT2D eigenvalue weighted by atomic mass is 16.5. The van der Waals surface area contributed by atoms with E-state index in [4.69, 9.17) is 4.74 Å². The second-order valence-electron chi connectivity index (χ2n) is 3.65. The van der Waals surface area contributed by atoms with Crippen LogP contribution < -0.4 is 0 Å². The van der Waals surface area contributed by atoms with Gasteiger partial charge in [-0.2, -0.15) is 0 Å². The number of ether oxygens (including phenoxy) is 1. The molecule has 0 amide bonds. The molecule has 0 spiro atoms. The molecule has 3 heteroatoms. The molecule has 1 fully saturated rings. The van der Waals surface area contributed by atoms with Crippen LogP contribution in [0.1, 0.15) is 19.8 Å². The van der Waals surface area contributed by atoms with Crippen molar-refractivity contribution in [3.8, 4) is 0 Å². The molecule has 0 bridgehead atoms. The minimum Gasteiger partial charge on any atom is -0.468 e. The summed E-state index contributed by atoms with van der Waals surface area (Å²) in [6.07, 6.45) is 2.12. The number of piperidine rings is 1. The normalized spacial score (nSPS) is 31.6. The van der Waals surface area contributed by atoms with E-state index in [9.17, 15) is 4.79 Å². The number of nitrogens with zero attached hydrogens (tertiary/aromatic N) is 1. The van der Waals surface area contributed by atoms with Gasteiger partial charge in [-0.1, -0.05) is 6.92 Å². The summed E-state index contributed by atoms with van der Waals surface area (Å²) in [6.45, 7) is 3.18. The molecule has 1 aliphatic rings. The van der Waals surface area contributed by atoms with E-state index in [-0.39, 0.29) is 12.0 Å². The quantitative estimate of drug-likeness (QED) is 0.549. The van der Waals surface area contributed by atoms with Crippen LogP contribution in [0.25, 0.3) is 0 Å². The van der Waals surface area contributed by atoms with Gasteiger partial charge in [0, 0.05) is 0 Å². The number of carbonyl (C=O) groups excluding carboxylic acids is 1. The fourth-order valence-corrected chi connectivity index (χ4v) is 1.67. The van der Waals surface area contributed by atoms with Gasteiger partial charge in [0.1, 0.15) is 6.04 Å². The summed E-state index contributed by atoms with van der Waals surface area (Å²) in [6, 6.07) is -0.0150. The molecule has 0 N–H and O–H groups in total. The highest BCUT2D eigenvalue weighted by molar-refractivity contribution is 5.75. The molecule has 0 aromatic heterocycles. The molecule has 1 rings (SSSR count). The molecule has 70 valence electrons. The van der Waals surface area contributed by atoms with Crippen molar-refractivity contribution in [2.75, 3.05) is 20.7 Å². The first-order valence-corrected chi connectivity index (χ1v) is 4.43. The van der Waals surface area contributed by atoms with Crippen molar-refractivity contribution in [1.82, 2.24) is 4.90 Å². The van der Waals surface area contributed by atoms with E-state index in [0.717, 1.165) is 13.0 Å². The molecule has 1 saturated heterocycles. The van der Waals surface area contributed by atoms with Crippen LogP contribution >= 0.6 is 0 Å². The maximum Gasteiger partial charge on any atom is 0.323 e. The third-order valence-electron chi connectivity index (χ3n) is 2.61. The highest BCUT2D eigenvalue weighted by Gasteiger charge is 2.29. The Hall–Kier alpha value is -0.570. The summed E-state index contributed by atoms with van der Waals surface area (Å²) in [5.41, 5.74) is 0. The number of hydrogen-bond donors (Lipinski definition) is 0. The molecule has 2 atom stereocenters. The second-order valence-corrected chi connectivity index (χ2v) is 3.65. The van der Waals surface area contributed by atoms with E-state index in [2.05, 4.69) is 11.8 Å². The lowest BCUT2D eigenvalue weighted by atomic mass is 9.93. The summed E-state index contributed by atoms with van der Waals surface area (Å²) in [4.78, 5) is 13.3. The lowest BCUT2D eigenvalue weighted by Gasteiger charge is -2.33. The molecule has 1 aliphatic heterocycles. The first-order valence-electron chi connectivity index (χ1n) is 4.43. The van der Waals surface area contributed by atoms with Crippen LogP contribution in [-0.4, -0.2) is 37.6 Å². The van der Waals surface area contributed by atoms with Gasteiger partial charge >= 0.3 is 5.97 Å². The van der Waals surface area contributed by atoms with Crippen LogP contribution in [0.5, 0.6) is 0 Å². The van der Waals surface area contributed by atoms with Gasteiger partial charge in [0.05, 0.1) is 7.11 Å². The summed E-state index contributed by atoms with van der Waals surface area (Å²) >= 11 is 0. The van der Waals surface area contributed by atoms with Crippen molar-refractivity contribution in [3.63, 3.8) is 0 Å². The lowest BCUT2D eigenvalue weighted by molar-refractivity contribution is -0.148. The van der Waals surface area contributed by atoms with Crippen molar-refractivity contribution in [2.45, 2.75) is 25.8 Å². The van der Waals surface area contributed by atoms with Crippen molar-refractivity contribution >= 4 is 5.97 Å². The Labute approximate surface area is 73.7 Å². The molecule has 0 radical (unpaired) electrons. The summed E-state index contributed by atoms with van der Waals surface area (Å²) in [5, 5.41) is 0. The van der Waals surface area contributed by atoms with E-state index < -0.39 is 0 Å². The number of likely N-dealkylation sites (N-methyl/N-ethyl adjacent to an activating group) is 1. The first kappa shape index (κ1) is 9.52. The second kappa shape index (κ2) is 3.90. The third kappa shape index (κ3) is 1.97. The Balaban J connectivity index is 2.54. The molecule has 0 aromatic rings. The Morgan fingerprint density at radius 1 is 1.58 bits per heavy atom. The highest BCUT2D eigenvalue weighted by Crippen LogP contribution is 2.21. The van der Waals surface area contributed by atoms with Crippen LogP contribution in [0.2, 0.25) is 0 Å². The molecule has 3 nitrogen and oxygen atoms in total. The van der Waals surface area contributed by atoms with Crippen molar-refractivity contribution in [1.29, 1.82) is 0 Å². The van der Waals surface area contributed by atoms with Crippen LogP contribution in [0.15, 0.2) is 0 Å². The number of methoxy groups -OCH3 is 1. The predicted octanol–water partition coefficient (Wildman–Crippen LogP) is 0.890. The summed E-state index contributed by atoms with van der Waals surface area (Å²) in [5.74, 6) is 0.550. The van der Waals surface area contributed by atoms with E-state index in [0.29, 0.717) is 5.92 Å². The summed E-state index contributed by atoms with van der Waals surface area (Å²) in [7, 11) is 3.43. The maximum absolute atomic E-state index is 11.3.